The molecule has 0 fully saturated rings. The number of nitriles is 1. The van der Waals surface area contributed by atoms with Gasteiger partial charge in [0.25, 0.3) is 17.4 Å². The van der Waals surface area contributed by atoms with Crippen LogP contribution >= 0.6 is 11.3 Å². The number of rotatable bonds is 10. The molecule has 0 radical (unpaired) electrons. The molecule has 0 saturated carbocycles. The van der Waals surface area contributed by atoms with Crippen LogP contribution in [0.1, 0.15) is 17.3 Å². The number of nitrogens with zero attached hydrogens (tertiary/aromatic N) is 3. The molecule has 3 aromatic rings. The van der Waals surface area contributed by atoms with Gasteiger partial charge in [-0.2, -0.15) is 5.26 Å². The molecule has 2 aromatic heterocycles. The van der Waals surface area contributed by atoms with Crippen LogP contribution in [0.2, 0.25) is 0 Å². The zero-order chi connectivity index (χ0) is 26.9. The van der Waals surface area contributed by atoms with E-state index >= 15 is 0 Å². The number of fused-ring (bicyclic) bond motifs is 1. The van der Waals surface area contributed by atoms with E-state index in [-0.39, 0.29) is 32.8 Å². The molecule has 1 aromatic carbocycles. The van der Waals surface area contributed by atoms with Crippen molar-refractivity contribution in [3.63, 3.8) is 0 Å². The Morgan fingerprint density at radius 3 is 2.76 bits per heavy atom. The smallest absolute Gasteiger partial charge is 0.277 e. The molecule has 4 N–H and O–H groups in total. The van der Waals surface area contributed by atoms with Crippen molar-refractivity contribution < 1.29 is 9.59 Å². The highest BCUT2D eigenvalue weighted by molar-refractivity contribution is 7.07. The molecule has 11 heteroatoms. The van der Waals surface area contributed by atoms with Crippen molar-refractivity contribution in [1.29, 1.82) is 5.26 Å². The van der Waals surface area contributed by atoms with Crippen molar-refractivity contribution >= 4 is 51.0 Å². The summed E-state index contributed by atoms with van der Waals surface area (Å²) in [6.45, 7) is 7.12. The van der Waals surface area contributed by atoms with Gasteiger partial charge in [0.2, 0.25) is 0 Å². The topological polar surface area (TPSA) is 135 Å². The fraction of sp³-hybridized carbons (Fsp3) is 0.269. The maximum absolute atomic E-state index is 12.8. The molecule has 2 heterocycles. The molecule has 0 saturated heterocycles. The predicted octanol–water partition coefficient (Wildman–Crippen LogP) is 0.684. The van der Waals surface area contributed by atoms with Crippen molar-refractivity contribution in [2.24, 2.45) is 0 Å². The summed E-state index contributed by atoms with van der Waals surface area (Å²) in [6, 6.07) is 7.41. The number of hydrogen-bond donors (Lipinski definition) is 4. The number of aromatic nitrogens is 2. The van der Waals surface area contributed by atoms with Crippen LogP contribution in [0.25, 0.3) is 22.2 Å². The number of H-pyrrole nitrogens is 1. The van der Waals surface area contributed by atoms with Crippen molar-refractivity contribution in [3.8, 4) is 6.07 Å². The number of benzene rings is 1. The summed E-state index contributed by atoms with van der Waals surface area (Å²) in [5, 5.41) is 18.9. The Labute approximate surface area is 217 Å². The summed E-state index contributed by atoms with van der Waals surface area (Å²) >= 11 is 1.03. The Morgan fingerprint density at radius 2 is 2.08 bits per heavy atom. The third kappa shape index (κ3) is 6.45. The van der Waals surface area contributed by atoms with Crippen LogP contribution in [0.15, 0.2) is 48.0 Å². The van der Waals surface area contributed by atoms with Gasteiger partial charge in [-0.1, -0.05) is 11.8 Å². The molecule has 0 aliphatic heterocycles. The van der Waals surface area contributed by atoms with Gasteiger partial charge in [0.1, 0.15) is 15.3 Å². The Balaban J connectivity index is 1.88. The lowest BCUT2D eigenvalue weighted by atomic mass is 10.1. The Kier molecular flexibility index (Phi) is 9.24. The number of carbonyl (C=O) groups excluding carboxylic acids is 2. The third-order valence-electron chi connectivity index (χ3n) is 5.37. The fourth-order valence-electron chi connectivity index (χ4n) is 3.50. The van der Waals surface area contributed by atoms with Gasteiger partial charge in [-0.3, -0.25) is 19.0 Å². The first-order chi connectivity index (χ1) is 17.8. The van der Waals surface area contributed by atoms with Crippen LogP contribution in [-0.4, -0.2) is 60.0 Å². The minimum absolute atomic E-state index is 0.134. The molecular formula is C26H29N7O3S. The molecule has 0 aliphatic rings. The first-order valence-corrected chi connectivity index (χ1v) is 12.4. The molecule has 0 bridgehead atoms. The largest absolute Gasteiger partial charge is 0.360 e. The van der Waals surface area contributed by atoms with E-state index in [1.54, 1.807) is 13.1 Å². The number of carbonyl (C=O) groups is 2. The first kappa shape index (κ1) is 27.2. The van der Waals surface area contributed by atoms with E-state index in [0.29, 0.717) is 18.7 Å². The fourth-order valence-corrected chi connectivity index (χ4v) is 4.57. The monoisotopic (exact) mass is 519 g/mol. The van der Waals surface area contributed by atoms with E-state index in [4.69, 9.17) is 0 Å². The standard InChI is InChI=1S/C26H29N7O3S/c1-5-10-29-23(34)19(15-27)26-33(6-2)25(36)22(37-26)9-11-28-17-7-8-18-20(16-31-21(18)14-17)24(35)30-12-13-32(3)4/h5,7-8,11,14,16,28,31H,1,6,10,12-13H2,2-4H3,(H,29,34)(H,30,35)/b26-19-. The summed E-state index contributed by atoms with van der Waals surface area (Å²) in [4.78, 5) is 42.8. The van der Waals surface area contributed by atoms with Crippen LogP contribution in [0.5, 0.6) is 0 Å². The van der Waals surface area contributed by atoms with E-state index < -0.39 is 5.91 Å². The van der Waals surface area contributed by atoms with Gasteiger partial charge in [0.05, 0.1) is 5.56 Å². The van der Waals surface area contributed by atoms with Crippen LogP contribution in [0.3, 0.4) is 0 Å². The number of amides is 2. The van der Waals surface area contributed by atoms with Gasteiger partial charge in [-0.05, 0) is 39.2 Å². The maximum atomic E-state index is 12.8. The van der Waals surface area contributed by atoms with Crippen LogP contribution < -0.4 is 30.7 Å². The molecule has 0 aliphatic carbocycles. The average Bonchev–Trinajstić information content (AvgIpc) is 3.43. The molecule has 2 amide bonds. The van der Waals surface area contributed by atoms with E-state index in [9.17, 15) is 19.6 Å². The lowest BCUT2D eigenvalue weighted by Gasteiger charge is -2.10. The Bertz CT molecular complexity index is 1580. The molecule has 10 nitrogen and oxygen atoms in total. The predicted molar refractivity (Wildman–Crippen MR) is 147 cm³/mol. The number of hydrogen-bond acceptors (Lipinski definition) is 7. The van der Waals surface area contributed by atoms with Crippen LogP contribution in [0, 0.1) is 11.3 Å². The van der Waals surface area contributed by atoms with Gasteiger partial charge >= 0.3 is 0 Å². The highest BCUT2D eigenvalue weighted by atomic mass is 32.1. The first-order valence-electron chi connectivity index (χ1n) is 11.6. The summed E-state index contributed by atoms with van der Waals surface area (Å²) in [5.41, 5.74) is 4.52. The van der Waals surface area contributed by atoms with E-state index in [0.717, 1.165) is 34.5 Å². The maximum Gasteiger partial charge on any atom is 0.277 e. The molecule has 0 spiro atoms. The van der Waals surface area contributed by atoms with Gasteiger partial charge in [0.15, 0.2) is 5.57 Å². The van der Waals surface area contributed by atoms with Crippen molar-refractivity contribution in [1.82, 2.24) is 25.1 Å². The van der Waals surface area contributed by atoms with Gasteiger partial charge < -0.3 is 25.8 Å². The number of nitrogens with one attached hydrogen (secondary N) is 4. The Morgan fingerprint density at radius 1 is 1.30 bits per heavy atom. The Hall–Kier alpha value is -4.36. The van der Waals surface area contributed by atoms with E-state index in [1.165, 1.54) is 16.8 Å². The van der Waals surface area contributed by atoms with E-state index in [2.05, 4.69) is 33.2 Å². The highest BCUT2D eigenvalue weighted by Gasteiger charge is 2.15. The summed E-state index contributed by atoms with van der Waals surface area (Å²) < 4.78 is 1.91. The highest BCUT2D eigenvalue weighted by Crippen LogP contribution is 2.22. The van der Waals surface area contributed by atoms with Crippen molar-refractivity contribution in [3.05, 3.63) is 68.4 Å². The molecule has 0 atom stereocenters. The second-order valence-corrected chi connectivity index (χ2v) is 9.23. The second-order valence-electron chi connectivity index (χ2n) is 8.23. The molecule has 192 valence electrons. The number of anilines is 1. The van der Waals surface area contributed by atoms with Crippen molar-refractivity contribution in [2.45, 2.75) is 13.5 Å². The summed E-state index contributed by atoms with van der Waals surface area (Å²) in [7, 11) is 3.89. The number of thiazole rings is 1. The van der Waals surface area contributed by atoms with Crippen LogP contribution in [-0.2, 0) is 11.3 Å². The average molecular weight is 520 g/mol. The number of likely N-dealkylation sites (N-methyl/N-ethyl adjacent to an activating group) is 1. The lowest BCUT2D eigenvalue weighted by Crippen LogP contribution is -2.34. The number of aromatic amines is 1. The molecular weight excluding hydrogens is 490 g/mol. The molecule has 3 rings (SSSR count). The summed E-state index contributed by atoms with van der Waals surface area (Å²) in [6.07, 6.45) is 4.69. The molecule has 0 unspecified atom stereocenters. The van der Waals surface area contributed by atoms with Gasteiger partial charge in [-0.15, -0.1) is 17.9 Å². The quantitative estimate of drug-likeness (QED) is 0.291. The zero-order valence-electron chi connectivity index (χ0n) is 21.0. The molecule has 37 heavy (non-hydrogen) atoms. The minimum Gasteiger partial charge on any atom is -0.360 e. The van der Waals surface area contributed by atoms with E-state index in [1.807, 2.05) is 43.3 Å². The third-order valence-corrected chi connectivity index (χ3v) is 6.49. The minimum atomic E-state index is -0.565. The normalized spacial score (nSPS) is 11.4. The lowest BCUT2D eigenvalue weighted by molar-refractivity contribution is -0.115. The van der Waals surface area contributed by atoms with Crippen molar-refractivity contribution in [2.75, 3.05) is 39.0 Å². The second kappa shape index (κ2) is 12.6. The SMILES string of the molecule is C=CCNC(=O)/C(C#N)=c1\sc(=C=CNc2ccc3c(C(=O)NCCN(C)C)c[nH]c3c2)c(=O)n1CC. The van der Waals surface area contributed by atoms with Gasteiger partial charge in [-0.25, -0.2) is 0 Å². The van der Waals surface area contributed by atoms with Crippen LogP contribution in [0.4, 0.5) is 5.69 Å². The summed E-state index contributed by atoms with van der Waals surface area (Å²) in [5.74, 6) is -0.709. The zero-order valence-corrected chi connectivity index (χ0v) is 21.8. The van der Waals surface area contributed by atoms with Gasteiger partial charge in [0, 0.05) is 55.2 Å².